The van der Waals surface area contributed by atoms with Gasteiger partial charge >= 0.3 is 0 Å². The second-order valence-corrected chi connectivity index (χ2v) is 6.59. The molecule has 27 heavy (non-hydrogen) atoms. The lowest BCUT2D eigenvalue weighted by Crippen LogP contribution is -2.28. The molecule has 5 heteroatoms. The molecule has 0 aliphatic heterocycles. The van der Waals surface area contributed by atoms with E-state index >= 15 is 0 Å². The van der Waals surface area contributed by atoms with Crippen molar-refractivity contribution in [3.8, 4) is 0 Å². The summed E-state index contributed by atoms with van der Waals surface area (Å²) in [5, 5.41) is 3.94. The number of amides is 1. The Morgan fingerprint density at radius 3 is 2.81 bits per heavy atom. The van der Waals surface area contributed by atoms with Gasteiger partial charge in [-0.25, -0.2) is 4.39 Å². The van der Waals surface area contributed by atoms with Gasteiger partial charge in [0, 0.05) is 43.1 Å². The Morgan fingerprint density at radius 2 is 2.07 bits per heavy atom. The summed E-state index contributed by atoms with van der Waals surface area (Å²) in [5.41, 5.74) is 4.10. The molecular weight excluding hydrogens is 343 g/mol. The van der Waals surface area contributed by atoms with Gasteiger partial charge in [0.25, 0.3) is 0 Å². The van der Waals surface area contributed by atoms with Gasteiger partial charge in [0.05, 0.1) is 6.61 Å². The molecule has 0 radical (unpaired) electrons. The van der Waals surface area contributed by atoms with Crippen LogP contribution in [0.2, 0.25) is 0 Å². The average Bonchev–Trinajstić information content (AvgIpc) is 3.10. The zero-order valence-corrected chi connectivity index (χ0v) is 15.7. The van der Waals surface area contributed by atoms with E-state index in [-0.39, 0.29) is 24.1 Å². The van der Waals surface area contributed by atoms with Crippen LogP contribution in [0.1, 0.15) is 36.0 Å². The lowest BCUT2D eigenvalue weighted by molar-refractivity contribution is -0.121. The van der Waals surface area contributed by atoms with Gasteiger partial charge in [0.1, 0.15) is 5.82 Å². The molecule has 0 aliphatic rings. The summed E-state index contributed by atoms with van der Waals surface area (Å²) < 4.78 is 18.8. The molecule has 3 aromatic rings. The number of carbonyl (C=O) groups is 1. The van der Waals surface area contributed by atoms with Crippen LogP contribution in [0.4, 0.5) is 4.39 Å². The largest absolute Gasteiger partial charge is 0.383 e. The Bertz CT molecular complexity index is 920. The van der Waals surface area contributed by atoms with Gasteiger partial charge in [0.2, 0.25) is 5.91 Å². The number of ether oxygens (including phenoxy) is 1. The predicted octanol–water partition coefficient (Wildman–Crippen LogP) is 4.15. The number of hydrogen-bond acceptors (Lipinski definition) is 2. The minimum atomic E-state index is -0.300. The highest BCUT2D eigenvalue weighted by Gasteiger charge is 2.22. The van der Waals surface area contributed by atoms with Crippen LogP contribution in [0.25, 0.3) is 10.9 Å². The minimum absolute atomic E-state index is 0.0812. The van der Waals surface area contributed by atoms with E-state index in [4.69, 9.17) is 4.74 Å². The highest BCUT2D eigenvalue weighted by Crippen LogP contribution is 2.34. The van der Waals surface area contributed by atoms with Crippen molar-refractivity contribution >= 4 is 16.8 Å². The minimum Gasteiger partial charge on any atom is -0.383 e. The van der Waals surface area contributed by atoms with Gasteiger partial charge in [-0.3, -0.25) is 4.79 Å². The standard InChI is InChI=1S/C22H25FN2O2/c1-3-15-6-5-9-18-20(14-25-22(15)18)19(13-21(26)24-10-11-27-2)16-7-4-8-17(23)12-16/h4-9,12,14,19,25H,3,10-11,13H2,1-2H3,(H,24,26)/t19-/m0/s1. The van der Waals surface area contributed by atoms with Crippen LogP contribution in [0.15, 0.2) is 48.7 Å². The number of aromatic nitrogens is 1. The highest BCUT2D eigenvalue weighted by atomic mass is 19.1. The van der Waals surface area contributed by atoms with Crippen molar-refractivity contribution in [3.05, 3.63) is 71.2 Å². The molecule has 1 amide bonds. The van der Waals surface area contributed by atoms with Crippen molar-refractivity contribution in [3.63, 3.8) is 0 Å². The van der Waals surface area contributed by atoms with Crippen LogP contribution in [-0.4, -0.2) is 31.2 Å². The number of halogens is 1. The first kappa shape index (κ1) is 19.1. The molecule has 0 saturated heterocycles. The molecule has 0 bridgehead atoms. The van der Waals surface area contributed by atoms with Crippen molar-refractivity contribution < 1.29 is 13.9 Å². The van der Waals surface area contributed by atoms with Crippen LogP contribution in [0, 0.1) is 5.82 Å². The zero-order valence-electron chi connectivity index (χ0n) is 15.7. The Hall–Kier alpha value is -2.66. The van der Waals surface area contributed by atoms with Gasteiger partial charge in [-0.2, -0.15) is 0 Å². The number of carbonyl (C=O) groups excluding carboxylic acids is 1. The summed E-state index contributed by atoms with van der Waals surface area (Å²) in [6.45, 7) is 3.03. The van der Waals surface area contributed by atoms with Crippen molar-refractivity contribution in [2.24, 2.45) is 0 Å². The fourth-order valence-corrected chi connectivity index (χ4v) is 3.50. The van der Waals surface area contributed by atoms with Crippen LogP contribution in [0.3, 0.4) is 0 Å². The molecule has 142 valence electrons. The molecule has 1 aromatic heterocycles. The SMILES string of the molecule is CCc1cccc2c([C@@H](CC(=O)NCCOC)c3cccc(F)c3)c[nH]c12. The van der Waals surface area contributed by atoms with Crippen LogP contribution in [0.5, 0.6) is 0 Å². The molecule has 2 N–H and O–H groups in total. The number of hydrogen-bond donors (Lipinski definition) is 2. The van der Waals surface area contributed by atoms with Crippen LogP contribution >= 0.6 is 0 Å². The Labute approximate surface area is 158 Å². The maximum Gasteiger partial charge on any atom is 0.221 e. The van der Waals surface area contributed by atoms with Crippen molar-refractivity contribution in [2.45, 2.75) is 25.7 Å². The first-order chi connectivity index (χ1) is 13.1. The summed E-state index contributed by atoms with van der Waals surface area (Å²) in [4.78, 5) is 15.8. The molecule has 2 aromatic carbocycles. The quantitative estimate of drug-likeness (QED) is 0.587. The number of fused-ring (bicyclic) bond motifs is 1. The molecule has 0 saturated carbocycles. The van der Waals surface area contributed by atoms with E-state index in [9.17, 15) is 9.18 Å². The molecule has 0 spiro atoms. The number of para-hydroxylation sites is 1. The number of benzene rings is 2. The lowest BCUT2D eigenvalue weighted by atomic mass is 9.87. The van der Waals surface area contributed by atoms with E-state index in [1.165, 1.54) is 17.7 Å². The molecule has 0 aliphatic carbocycles. The van der Waals surface area contributed by atoms with E-state index in [2.05, 4.69) is 29.4 Å². The summed E-state index contributed by atoms with van der Waals surface area (Å²) >= 11 is 0. The van der Waals surface area contributed by atoms with Gasteiger partial charge in [0.15, 0.2) is 0 Å². The third-order valence-corrected chi connectivity index (χ3v) is 4.86. The predicted molar refractivity (Wildman–Crippen MR) is 105 cm³/mol. The number of nitrogens with one attached hydrogen (secondary N) is 2. The van der Waals surface area contributed by atoms with Gasteiger partial charge in [-0.15, -0.1) is 0 Å². The molecule has 4 nitrogen and oxygen atoms in total. The first-order valence-electron chi connectivity index (χ1n) is 9.24. The van der Waals surface area contributed by atoms with Crippen molar-refractivity contribution in [1.82, 2.24) is 10.3 Å². The molecular formula is C22H25FN2O2. The second-order valence-electron chi connectivity index (χ2n) is 6.59. The molecule has 0 fully saturated rings. The topological polar surface area (TPSA) is 54.1 Å². The maximum atomic E-state index is 13.9. The number of aryl methyl sites for hydroxylation is 1. The molecule has 1 heterocycles. The van der Waals surface area contributed by atoms with Crippen molar-refractivity contribution in [2.75, 3.05) is 20.3 Å². The fraction of sp³-hybridized carbons (Fsp3) is 0.318. The summed E-state index contributed by atoms with van der Waals surface area (Å²) in [6, 6.07) is 12.7. The first-order valence-corrected chi connectivity index (χ1v) is 9.24. The smallest absolute Gasteiger partial charge is 0.221 e. The average molecular weight is 368 g/mol. The van der Waals surface area contributed by atoms with Crippen molar-refractivity contribution in [1.29, 1.82) is 0 Å². The van der Waals surface area contributed by atoms with E-state index < -0.39 is 0 Å². The van der Waals surface area contributed by atoms with Crippen LogP contribution < -0.4 is 5.32 Å². The van der Waals surface area contributed by atoms with Gasteiger partial charge in [-0.1, -0.05) is 37.3 Å². The van der Waals surface area contributed by atoms with Crippen LogP contribution in [-0.2, 0) is 16.0 Å². The molecule has 0 unspecified atom stereocenters. The van der Waals surface area contributed by atoms with E-state index in [0.29, 0.717) is 13.2 Å². The number of methoxy groups -OCH3 is 1. The third-order valence-electron chi connectivity index (χ3n) is 4.86. The lowest BCUT2D eigenvalue weighted by Gasteiger charge is -2.17. The van der Waals surface area contributed by atoms with E-state index in [1.54, 1.807) is 13.2 Å². The van der Waals surface area contributed by atoms with Gasteiger partial charge < -0.3 is 15.0 Å². The number of rotatable bonds is 8. The maximum absolute atomic E-state index is 13.9. The Kier molecular flexibility index (Phi) is 6.24. The van der Waals surface area contributed by atoms with E-state index in [1.807, 2.05) is 18.3 Å². The normalized spacial score (nSPS) is 12.3. The van der Waals surface area contributed by atoms with E-state index in [0.717, 1.165) is 28.5 Å². The monoisotopic (exact) mass is 368 g/mol. The summed E-state index contributed by atoms with van der Waals surface area (Å²) in [5.74, 6) is -0.613. The van der Waals surface area contributed by atoms with Gasteiger partial charge in [-0.05, 0) is 35.2 Å². The number of H-pyrrole nitrogens is 1. The summed E-state index contributed by atoms with van der Waals surface area (Å²) in [7, 11) is 1.60. The number of aromatic amines is 1. The third kappa shape index (κ3) is 4.37. The second kappa shape index (κ2) is 8.82. The molecule has 3 rings (SSSR count). The Morgan fingerprint density at radius 1 is 1.26 bits per heavy atom. The summed E-state index contributed by atoms with van der Waals surface area (Å²) in [6.07, 6.45) is 3.11. The fourth-order valence-electron chi connectivity index (χ4n) is 3.50. The highest BCUT2D eigenvalue weighted by molar-refractivity contribution is 5.88. The molecule has 1 atom stereocenters. The Balaban J connectivity index is 1.98. The zero-order chi connectivity index (χ0) is 19.2.